The molecule has 1 atom stereocenters. The highest BCUT2D eigenvalue weighted by molar-refractivity contribution is 7.89. The van der Waals surface area contributed by atoms with Crippen LogP contribution in [-0.4, -0.2) is 29.9 Å². The Morgan fingerprint density at radius 3 is 2.52 bits per heavy atom. The first kappa shape index (κ1) is 21.0. The molecular weight excluding hydrogens is 373 g/mol. The predicted molar refractivity (Wildman–Crippen MR) is 97.6 cm³/mol. The van der Waals surface area contributed by atoms with Gasteiger partial charge in [0, 0.05) is 13.1 Å². The van der Waals surface area contributed by atoms with Gasteiger partial charge in [-0.25, -0.2) is 18.3 Å². The highest BCUT2D eigenvalue weighted by Gasteiger charge is 2.33. The molecule has 0 fully saturated rings. The minimum Gasteiger partial charge on any atom is -0.326 e. The molecule has 0 aliphatic heterocycles. The van der Waals surface area contributed by atoms with E-state index >= 15 is 0 Å². The van der Waals surface area contributed by atoms with Gasteiger partial charge in [0.25, 0.3) is 5.91 Å². The number of nitrogens with two attached hydrogens (primary N) is 1. The van der Waals surface area contributed by atoms with Crippen LogP contribution in [0.4, 0.5) is 4.39 Å². The lowest BCUT2D eigenvalue weighted by Crippen LogP contribution is -2.46. The third kappa shape index (κ3) is 4.69. The summed E-state index contributed by atoms with van der Waals surface area (Å²) in [7, 11) is -4.15. The van der Waals surface area contributed by atoms with Crippen molar-refractivity contribution in [1.82, 2.24) is 9.79 Å². The number of sulfonamides is 1. The van der Waals surface area contributed by atoms with Crippen LogP contribution in [0.5, 0.6) is 0 Å². The van der Waals surface area contributed by atoms with E-state index in [1.807, 2.05) is 0 Å². The SMILES string of the molecule is Cc1cc(S(=O)(=O)N(Cc2cccc(CN)c2)[C@H](C)C(=O)NO)ccc1F. The highest BCUT2D eigenvalue weighted by atomic mass is 32.2. The van der Waals surface area contributed by atoms with Gasteiger partial charge in [-0.1, -0.05) is 24.3 Å². The predicted octanol–water partition coefficient (Wildman–Crippen LogP) is 1.68. The van der Waals surface area contributed by atoms with Crippen molar-refractivity contribution >= 4 is 15.9 Å². The second-order valence-corrected chi connectivity index (χ2v) is 8.03. The van der Waals surface area contributed by atoms with Crippen molar-refractivity contribution in [3.05, 3.63) is 65.0 Å². The van der Waals surface area contributed by atoms with E-state index in [-0.39, 0.29) is 23.5 Å². The molecule has 7 nitrogen and oxygen atoms in total. The van der Waals surface area contributed by atoms with Gasteiger partial charge in [0.15, 0.2) is 0 Å². The lowest BCUT2D eigenvalue weighted by molar-refractivity contribution is -0.132. The topological polar surface area (TPSA) is 113 Å². The fourth-order valence-corrected chi connectivity index (χ4v) is 4.27. The van der Waals surface area contributed by atoms with Gasteiger partial charge in [-0.3, -0.25) is 10.0 Å². The van der Waals surface area contributed by atoms with E-state index in [9.17, 15) is 17.6 Å². The number of hydrogen-bond donors (Lipinski definition) is 3. The smallest absolute Gasteiger partial charge is 0.261 e. The van der Waals surface area contributed by atoms with Gasteiger partial charge >= 0.3 is 0 Å². The molecule has 146 valence electrons. The molecule has 2 aromatic carbocycles. The summed E-state index contributed by atoms with van der Waals surface area (Å²) in [5, 5.41) is 8.93. The number of nitrogens with zero attached hydrogens (tertiary/aromatic N) is 1. The number of aryl methyl sites for hydroxylation is 1. The van der Waals surface area contributed by atoms with Crippen molar-refractivity contribution < 1.29 is 22.8 Å². The highest BCUT2D eigenvalue weighted by Crippen LogP contribution is 2.23. The molecule has 0 bridgehead atoms. The molecule has 0 saturated carbocycles. The second-order valence-electron chi connectivity index (χ2n) is 6.14. The van der Waals surface area contributed by atoms with E-state index in [4.69, 9.17) is 10.9 Å². The number of carbonyl (C=O) groups excluding carboxylic acids is 1. The molecule has 0 radical (unpaired) electrons. The quantitative estimate of drug-likeness (QED) is 0.488. The zero-order valence-corrected chi connectivity index (χ0v) is 15.8. The number of amides is 1. The van der Waals surface area contributed by atoms with Crippen molar-refractivity contribution in [2.24, 2.45) is 5.73 Å². The molecule has 2 rings (SSSR count). The summed E-state index contributed by atoms with van der Waals surface area (Å²) in [5.41, 5.74) is 8.69. The molecular formula is C18H22FN3O4S. The number of nitrogens with one attached hydrogen (secondary N) is 1. The molecule has 1 amide bonds. The van der Waals surface area contributed by atoms with Crippen LogP contribution in [0.25, 0.3) is 0 Å². The van der Waals surface area contributed by atoms with Gasteiger partial charge in [0.1, 0.15) is 11.9 Å². The number of rotatable bonds is 7. The van der Waals surface area contributed by atoms with Crippen LogP contribution in [0, 0.1) is 12.7 Å². The molecule has 0 saturated heterocycles. The maximum Gasteiger partial charge on any atom is 0.261 e. The number of halogens is 1. The summed E-state index contributed by atoms with van der Waals surface area (Å²) in [6.45, 7) is 2.96. The van der Waals surface area contributed by atoms with E-state index in [0.717, 1.165) is 22.0 Å². The number of hydroxylamine groups is 1. The van der Waals surface area contributed by atoms with Crippen molar-refractivity contribution in [1.29, 1.82) is 0 Å². The van der Waals surface area contributed by atoms with Gasteiger partial charge < -0.3 is 5.73 Å². The molecule has 0 aliphatic rings. The van der Waals surface area contributed by atoms with Crippen molar-refractivity contribution in [3.8, 4) is 0 Å². The third-order valence-corrected chi connectivity index (χ3v) is 6.14. The molecule has 0 spiro atoms. The van der Waals surface area contributed by atoms with Gasteiger partial charge in [-0.2, -0.15) is 4.31 Å². The zero-order chi connectivity index (χ0) is 20.2. The summed E-state index contributed by atoms with van der Waals surface area (Å²) >= 11 is 0. The van der Waals surface area contributed by atoms with E-state index in [1.165, 1.54) is 25.4 Å². The Morgan fingerprint density at radius 1 is 1.26 bits per heavy atom. The number of benzene rings is 2. The fraction of sp³-hybridized carbons (Fsp3) is 0.278. The van der Waals surface area contributed by atoms with Gasteiger partial charge in [-0.05, 0) is 48.7 Å². The maximum atomic E-state index is 13.5. The Kier molecular flexibility index (Phi) is 6.66. The van der Waals surface area contributed by atoms with Gasteiger partial charge in [0.05, 0.1) is 4.90 Å². The van der Waals surface area contributed by atoms with E-state index in [2.05, 4.69) is 0 Å². The molecule has 0 aliphatic carbocycles. The van der Waals surface area contributed by atoms with Crippen LogP contribution in [-0.2, 0) is 27.9 Å². The second kappa shape index (κ2) is 8.57. The first-order valence-corrected chi connectivity index (χ1v) is 9.64. The molecule has 0 unspecified atom stereocenters. The summed E-state index contributed by atoms with van der Waals surface area (Å²) in [6, 6.07) is 9.20. The van der Waals surface area contributed by atoms with Crippen LogP contribution in [0.1, 0.15) is 23.6 Å². The average Bonchev–Trinajstić information content (AvgIpc) is 2.66. The van der Waals surface area contributed by atoms with Crippen LogP contribution in [0.2, 0.25) is 0 Å². The van der Waals surface area contributed by atoms with E-state index in [1.54, 1.807) is 24.3 Å². The van der Waals surface area contributed by atoms with Crippen LogP contribution >= 0.6 is 0 Å². The summed E-state index contributed by atoms with van der Waals surface area (Å²) in [4.78, 5) is 11.8. The monoisotopic (exact) mass is 395 g/mol. The summed E-state index contributed by atoms with van der Waals surface area (Å²) in [6.07, 6.45) is 0. The Balaban J connectivity index is 2.50. The Morgan fingerprint density at radius 2 is 1.93 bits per heavy atom. The van der Waals surface area contributed by atoms with Crippen molar-refractivity contribution in [3.63, 3.8) is 0 Å². The zero-order valence-electron chi connectivity index (χ0n) is 15.0. The van der Waals surface area contributed by atoms with E-state index < -0.39 is 27.8 Å². The third-order valence-electron chi connectivity index (χ3n) is 4.22. The van der Waals surface area contributed by atoms with E-state index in [0.29, 0.717) is 5.56 Å². The molecule has 0 heterocycles. The first-order valence-electron chi connectivity index (χ1n) is 8.20. The van der Waals surface area contributed by atoms with Crippen LogP contribution in [0.15, 0.2) is 47.4 Å². The van der Waals surface area contributed by atoms with Crippen LogP contribution in [0.3, 0.4) is 0 Å². The van der Waals surface area contributed by atoms with Gasteiger partial charge in [0.2, 0.25) is 10.0 Å². The fourth-order valence-electron chi connectivity index (χ4n) is 2.60. The molecule has 0 aromatic heterocycles. The Labute approximate surface area is 157 Å². The first-order chi connectivity index (χ1) is 12.7. The van der Waals surface area contributed by atoms with Crippen molar-refractivity contribution in [2.45, 2.75) is 37.9 Å². The normalized spacial score (nSPS) is 12.8. The minimum absolute atomic E-state index is 0.124. The lowest BCUT2D eigenvalue weighted by Gasteiger charge is -2.27. The summed E-state index contributed by atoms with van der Waals surface area (Å²) in [5.74, 6) is -1.41. The maximum absolute atomic E-state index is 13.5. The largest absolute Gasteiger partial charge is 0.326 e. The van der Waals surface area contributed by atoms with Gasteiger partial charge in [-0.15, -0.1) is 0 Å². The standard InChI is InChI=1S/C18H22FN3O4S/c1-12-8-16(6-7-17(12)19)27(25,26)22(13(2)18(23)21-24)11-15-5-3-4-14(9-15)10-20/h3-9,13,24H,10-11,20H2,1-2H3,(H,21,23)/t13-/m1/s1. The number of carbonyl (C=O) groups is 1. The molecule has 4 N–H and O–H groups in total. The van der Waals surface area contributed by atoms with Crippen LogP contribution < -0.4 is 11.2 Å². The molecule has 2 aromatic rings. The number of hydrogen-bond acceptors (Lipinski definition) is 5. The Bertz CT molecular complexity index is 934. The lowest BCUT2D eigenvalue weighted by atomic mass is 10.1. The van der Waals surface area contributed by atoms with Crippen molar-refractivity contribution in [2.75, 3.05) is 0 Å². The summed E-state index contributed by atoms with van der Waals surface area (Å²) < 4.78 is 40.8. The average molecular weight is 395 g/mol. The Hall–Kier alpha value is -2.33. The minimum atomic E-state index is -4.15. The molecule has 27 heavy (non-hydrogen) atoms. The molecule has 9 heteroatoms.